The molecule has 0 aromatic heterocycles. The molecule has 0 radical (unpaired) electrons. The van der Waals surface area contributed by atoms with E-state index in [1.807, 2.05) is 39.0 Å². The molecule has 68 heavy (non-hydrogen) atoms. The molecule has 3 aliphatic heterocycles. The molecular weight excluding hydrogens is 889 g/mol. The van der Waals surface area contributed by atoms with Crippen molar-refractivity contribution in [3.63, 3.8) is 0 Å². The van der Waals surface area contributed by atoms with Gasteiger partial charge < -0.3 is 64.2 Å². The average molecular weight is 956 g/mol. The van der Waals surface area contributed by atoms with Crippen molar-refractivity contribution in [1.82, 2.24) is 10.5 Å². The molecule has 0 unspecified atom stereocenters. The number of aldehydes is 1. The normalized spacial score (nSPS) is 47.2. The van der Waals surface area contributed by atoms with Gasteiger partial charge in [0.05, 0.1) is 55.1 Å². The van der Waals surface area contributed by atoms with E-state index in [1.165, 1.54) is 19.9 Å². The number of carbonyl (C=O) groups excluding carboxylic acids is 5. The molecule has 19 nitrogen and oxygen atoms in total. The van der Waals surface area contributed by atoms with Crippen LogP contribution in [0.4, 0.5) is 4.79 Å². The van der Waals surface area contributed by atoms with E-state index in [4.69, 9.17) is 33.2 Å². The zero-order valence-electron chi connectivity index (χ0n) is 40.2. The zero-order valence-corrected chi connectivity index (χ0v) is 40.2. The van der Waals surface area contributed by atoms with Crippen LogP contribution in [0.25, 0.3) is 0 Å². The molecule has 19 heteroatoms. The third kappa shape index (κ3) is 9.02. The fraction of sp³-hybridized carbons (Fsp3) is 0.694. The Balaban J connectivity index is 1.34. The summed E-state index contributed by atoms with van der Waals surface area (Å²) in [5.41, 5.74) is -5.35. The molecule has 376 valence electrons. The van der Waals surface area contributed by atoms with Crippen LogP contribution in [-0.4, -0.2) is 135 Å². The highest BCUT2D eigenvalue weighted by Crippen LogP contribution is 2.61. The van der Waals surface area contributed by atoms with Gasteiger partial charge in [0.1, 0.15) is 29.8 Å². The van der Waals surface area contributed by atoms with Gasteiger partial charge in [-0.2, -0.15) is 0 Å². The number of hydroxylamine groups is 2. The topological polar surface area (TPSA) is 269 Å². The summed E-state index contributed by atoms with van der Waals surface area (Å²) in [6.45, 7) is 15.5. The standard InChI is InChI=1S/C49H67N2O17/c1-22-11-14-34(66-37-20-47(8,51(60)61)42(27(6)64-37)50-46(59)62-10)23(2)16-32-33(54)17-29(21-52)19-49(32)44(57)38(45(58)68-49)43(56)48(9)31(22)13-12-30-39(48)24(3)15-25(4)41(30)67-36-18-35(65-28(7)53)40(55)26(5)63-36/h11-14,16-17,21-22,24-27,30-37,39-42,54-56,60H,15,18-20H2,1-10H3,(H,50,59)/q-1/b14-11-,23-16-,43-38-/t22-,24+,25+,26+,27-,30+,31+,32-,33+,34+,35-,36+,37+,39-,40+,41+,42+,47+,48-,49-/m1/s1. The number of aliphatic hydroxyl groups excluding tert-OH is 3. The first-order chi connectivity index (χ1) is 31.9. The zero-order chi connectivity index (χ0) is 49.9. The predicted octanol–water partition coefficient (Wildman–Crippen LogP) is 4.43. The van der Waals surface area contributed by atoms with Gasteiger partial charge >= 0.3 is 18.0 Å². The maximum Gasteiger partial charge on any atom is 0.407 e. The first kappa shape index (κ1) is 51.5. The van der Waals surface area contributed by atoms with Crippen LogP contribution >= 0.6 is 0 Å². The highest BCUT2D eigenvalue weighted by molar-refractivity contribution is 6.26. The Bertz CT molecular complexity index is 2150. The minimum atomic E-state index is -2.16. The fourth-order valence-electron chi connectivity index (χ4n) is 12.7. The Kier molecular flexibility index (Phi) is 14.8. The Morgan fingerprint density at radius 2 is 1.63 bits per heavy atom. The molecule has 4 fully saturated rings. The molecule has 2 bridgehead atoms. The van der Waals surface area contributed by atoms with Crippen LogP contribution in [0.2, 0.25) is 0 Å². The number of allylic oxidation sites excluding steroid dienone is 3. The maximum absolute atomic E-state index is 15.3. The number of fused-ring (bicyclic) bond motifs is 4. The number of amides is 1. The second-order valence-corrected chi connectivity index (χ2v) is 20.5. The van der Waals surface area contributed by atoms with Gasteiger partial charge in [0.2, 0.25) is 5.78 Å². The molecule has 1 spiro atoms. The second kappa shape index (κ2) is 19.5. The minimum Gasteiger partial charge on any atom is -0.762 e. The van der Waals surface area contributed by atoms with Crippen molar-refractivity contribution in [2.45, 2.75) is 160 Å². The Labute approximate surface area is 396 Å². The molecule has 0 aromatic carbocycles. The molecule has 1 saturated carbocycles. The first-order valence-corrected chi connectivity index (χ1v) is 23.5. The summed E-state index contributed by atoms with van der Waals surface area (Å²) in [5.74, 6) is -6.48. The van der Waals surface area contributed by atoms with Crippen LogP contribution in [0.3, 0.4) is 0 Å². The largest absolute Gasteiger partial charge is 0.762 e. The lowest BCUT2D eigenvalue weighted by atomic mass is 9.48. The van der Waals surface area contributed by atoms with E-state index < -0.39 is 149 Å². The summed E-state index contributed by atoms with van der Waals surface area (Å²) >= 11 is 0. The third-order valence-electron chi connectivity index (χ3n) is 16.0. The predicted molar refractivity (Wildman–Crippen MR) is 238 cm³/mol. The highest BCUT2D eigenvalue weighted by Gasteiger charge is 2.65. The van der Waals surface area contributed by atoms with Gasteiger partial charge in [0.25, 0.3) is 0 Å². The second-order valence-electron chi connectivity index (χ2n) is 20.5. The highest BCUT2D eigenvalue weighted by atomic mass is 16.8. The van der Waals surface area contributed by atoms with Gasteiger partial charge in [-0.3, -0.25) is 19.6 Å². The first-order valence-electron chi connectivity index (χ1n) is 23.5. The molecule has 3 heterocycles. The van der Waals surface area contributed by atoms with E-state index in [-0.39, 0.29) is 35.5 Å². The molecule has 3 saturated heterocycles. The number of alkyl carbamates (subject to hydrolysis) is 1. The van der Waals surface area contributed by atoms with Crippen LogP contribution < -0.4 is 5.32 Å². The van der Waals surface area contributed by atoms with Crippen molar-refractivity contribution in [3.05, 3.63) is 64.1 Å². The maximum atomic E-state index is 15.3. The molecular formula is C49H67N2O17-. The van der Waals surface area contributed by atoms with E-state index in [1.54, 1.807) is 32.9 Å². The number of nitrogens with zero attached hydrogens (tertiary/aromatic N) is 1. The Morgan fingerprint density at radius 1 is 0.941 bits per heavy atom. The summed E-state index contributed by atoms with van der Waals surface area (Å²) in [6, 6.07) is -1.04. The van der Waals surface area contributed by atoms with Crippen LogP contribution in [0.15, 0.2) is 58.9 Å². The SMILES string of the molecule is COC(=O)N[C@H]1[C@@H](C)O[C@@H](O[C@H]2/C=C\[C@@H](C)[C@@H]3C=C[C@@H]4[C@@H](O[C@H]5C[C@@H](OC(C)=O)[C@@H](O)[C@H](C)O5)[C@@H](C)C[C@H](C)[C@H]4[C@]3(C)/C(O)=C3/C(=O)O[C@@]4(CC(C=O)=C[C@H](O)[C@H]4/C=C\2C)C3=O)C[C@]1(C)N([O-])O. The Morgan fingerprint density at radius 3 is 2.28 bits per heavy atom. The summed E-state index contributed by atoms with van der Waals surface area (Å²) in [6.07, 6.45) is 1.44. The Hall–Kier alpha value is -4.31. The smallest absolute Gasteiger partial charge is 0.407 e. The summed E-state index contributed by atoms with van der Waals surface area (Å²) in [4.78, 5) is 66.3. The van der Waals surface area contributed by atoms with E-state index >= 15 is 4.79 Å². The van der Waals surface area contributed by atoms with Gasteiger partial charge in [0, 0.05) is 37.5 Å². The molecule has 7 rings (SSSR count). The lowest BCUT2D eigenvalue weighted by molar-refractivity contribution is -0.279. The minimum absolute atomic E-state index is 0.0137. The van der Waals surface area contributed by atoms with Gasteiger partial charge in [-0.1, -0.05) is 58.1 Å². The van der Waals surface area contributed by atoms with Crippen LogP contribution in [-0.2, 0) is 52.3 Å². The molecule has 5 N–H and O–H groups in total. The third-order valence-corrected chi connectivity index (χ3v) is 16.0. The lowest BCUT2D eigenvalue weighted by Crippen LogP contribution is -2.67. The molecule has 1 amide bonds. The number of ether oxygens (including phenoxy) is 7. The number of methoxy groups -OCH3 is 1. The van der Waals surface area contributed by atoms with Crippen LogP contribution in [0.5, 0.6) is 0 Å². The van der Waals surface area contributed by atoms with E-state index in [0.29, 0.717) is 18.3 Å². The molecule has 20 atom stereocenters. The van der Waals surface area contributed by atoms with Crippen LogP contribution in [0, 0.1) is 52.0 Å². The van der Waals surface area contributed by atoms with Crippen molar-refractivity contribution in [2.24, 2.45) is 46.8 Å². The number of Topliss-reactive ketones (excluding diaryl/α,β-unsaturated/α-hetero) is 1. The molecule has 4 aliphatic carbocycles. The number of nitrogens with one attached hydrogen (secondary N) is 1. The number of rotatable bonds is 8. The monoisotopic (exact) mass is 955 g/mol. The van der Waals surface area contributed by atoms with Crippen LogP contribution in [0.1, 0.15) is 88.0 Å². The molecule has 7 aliphatic rings. The summed E-state index contributed by atoms with van der Waals surface area (Å²) in [7, 11) is 1.16. The number of ketones is 1. The lowest BCUT2D eigenvalue weighted by Gasteiger charge is -2.57. The molecule has 0 aromatic rings. The number of hydrogen-bond donors (Lipinski definition) is 5. The van der Waals surface area contributed by atoms with Gasteiger partial charge in [-0.05, 0) is 80.9 Å². The number of esters is 2. The van der Waals surface area contributed by atoms with Crippen molar-refractivity contribution in [1.29, 1.82) is 0 Å². The number of aliphatic hydroxyl groups is 3. The van der Waals surface area contributed by atoms with Gasteiger partial charge in [-0.15, -0.1) is 0 Å². The fourth-order valence-corrected chi connectivity index (χ4v) is 12.7. The van der Waals surface area contributed by atoms with E-state index in [9.17, 15) is 44.9 Å². The summed E-state index contributed by atoms with van der Waals surface area (Å²) < 4.78 is 42.1. The van der Waals surface area contributed by atoms with E-state index in [2.05, 4.69) is 12.2 Å². The van der Waals surface area contributed by atoms with Crippen molar-refractivity contribution in [3.8, 4) is 0 Å². The summed E-state index contributed by atoms with van der Waals surface area (Å²) in [5, 5.41) is 61.1. The van der Waals surface area contributed by atoms with E-state index in [0.717, 1.165) is 7.11 Å². The van der Waals surface area contributed by atoms with Crippen molar-refractivity contribution < 1.29 is 77.7 Å². The van der Waals surface area contributed by atoms with Gasteiger partial charge in [-0.25, -0.2) is 9.59 Å². The average Bonchev–Trinajstić information content (AvgIpc) is 3.51. The quantitative estimate of drug-likeness (QED) is 0.0562. The van der Waals surface area contributed by atoms with Gasteiger partial charge in [0.15, 0.2) is 18.2 Å². The van der Waals surface area contributed by atoms with Crippen molar-refractivity contribution >= 4 is 30.1 Å². The number of hydrogen-bond acceptors (Lipinski definition) is 18. The van der Waals surface area contributed by atoms with Crippen molar-refractivity contribution in [2.75, 3.05) is 7.11 Å². The number of carbonyl (C=O) groups is 5.